The maximum Gasteiger partial charge on any atom is 0.390 e. The van der Waals surface area contributed by atoms with Gasteiger partial charge in [-0.2, -0.15) is 13.2 Å². The van der Waals surface area contributed by atoms with Crippen LogP contribution in [0.3, 0.4) is 0 Å². The zero-order valence-electron chi connectivity index (χ0n) is 11.6. The van der Waals surface area contributed by atoms with Gasteiger partial charge in [-0.05, 0) is 11.6 Å². The Bertz CT molecular complexity index is 548. The third-order valence-corrected chi connectivity index (χ3v) is 3.89. The van der Waals surface area contributed by atoms with Gasteiger partial charge in [0.2, 0.25) is 0 Å². The Morgan fingerprint density at radius 1 is 1.36 bits per heavy atom. The minimum absolute atomic E-state index is 0.0835. The van der Waals surface area contributed by atoms with Gasteiger partial charge in [0.15, 0.2) is 0 Å². The highest BCUT2D eigenvalue weighted by Gasteiger charge is 2.36. The summed E-state index contributed by atoms with van der Waals surface area (Å²) in [6, 6.07) is 2.90. The number of nitro benzene ring substituents is 1. The van der Waals surface area contributed by atoms with E-state index in [0.717, 1.165) is 6.07 Å². The van der Waals surface area contributed by atoms with Gasteiger partial charge in [-0.1, -0.05) is 17.7 Å². The van der Waals surface area contributed by atoms with Crippen molar-refractivity contribution in [3.05, 3.63) is 38.9 Å². The Balaban J connectivity index is 2.35. The summed E-state index contributed by atoms with van der Waals surface area (Å²) in [4.78, 5) is 11.9. The fraction of sp³-hybridized carbons (Fsp3) is 0.538. The van der Waals surface area contributed by atoms with Crippen LogP contribution in [0.5, 0.6) is 0 Å². The predicted octanol–water partition coefficient (Wildman–Crippen LogP) is 3.15. The lowest BCUT2D eigenvalue weighted by atomic mass is 10.00. The lowest BCUT2D eigenvalue weighted by Crippen LogP contribution is -2.46. The number of nitrogens with zero attached hydrogens (tertiary/aromatic N) is 2. The van der Waals surface area contributed by atoms with E-state index < -0.39 is 23.6 Å². The molecule has 1 N–H and O–H groups in total. The van der Waals surface area contributed by atoms with E-state index in [1.807, 2.05) is 0 Å². The average Bonchev–Trinajstić information content (AvgIpc) is 2.45. The molecule has 0 bridgehead atoms. The second kappa shape index (κ2) is 6.80. The number of benzene rings is 1. The monoisotopic (exact) mass is 337 g/mol. The van der Waals surface area contributed by atoms with Gasteiger partial charge >= 0.3 is 6.18 Å². The molecule has 1 aromatic rings. The van der Waals surface area contributed by atoms with Crippen LogP contribution in [0.25, 0.3) is 0 Å². The van der Waals surface area contributed by atoms with Crippen molar-refractivity contribution in [3.63, 3.8) is 0 Å². The molecule has 1 aromatic carbocycles. The molecule has 1 atom stereocenters. The molecule has 2 rings (SSSR count). The number of piperazine rings is 1. The highest BCUT2D eigenvalue weighted by molar-refractivity contribution is 6.32. The van der Waals surface area contributed by atoms with Gasteiger partial charge in [-0.3, -0.25) is 15.0 Å². The molecule has 0 aromatic heterocycles. The molecule has 9 heteroatoms. The van der Waals surface area contributed by atoms with Gasteiger partial charge < -0.3 is 5.32 Å². The highest BCUT2D eigenvalue weighted by Crippen LogP contribution is 2.36. The molecule has 1 saturated heterocycles. The Labute approximate surface area is 130 Å². The first-order chi connectivity index (χ1) is 10.3. The minimum atomic E-state index is -4.36. The molecule has 122 valence electrons. The Hall–Kier alpha value is -1.38. The van der Waals surface area contributed by atoms with Crippen molar-refractivity contribution in [1.82, 2.24) is 10.2 Å². The topological polar surface area (TPSA) is 58.4 Å². The molecule has 22 heavy (non-hydrogen) atoms. The lowest BCUT2D eigenvalue weighted by molar-refractivity contribution is -0.384. The van der Waals surface area contributed by atoms with Gasteiger partial charge in [0, 0.05) is 38.3 Å². The summed E-state index contributed by atoms with van der Waals surface area (Å²) in [5, 5.41) is 13.9. The minimum Gasteiger partial charge on any atom is -0.314 e. The number of rotatable bonds is 4. The number of hydrogen-bond acceptors (Lipinski definition) is 4. The van der Waals surface area contributed by atoms with Gasteiger partial charge in [0.1, 0.15) is 5.02 Å². The molecule has 0 radical (unpaired) electrons. The maximum atomic E-state index is 12.9. The first kappa shape index (κ1) is 17.0. The molecular weight excluding hydrogens is 323 g/mol. The number of nitrogens with one attached hydrogen (secondary N) is 1. The summed E-state index contributed by atoms with van der Waals surface area (Å²) in [6.45, 7) is 2.09. The van der Waals surface area contributed by atoms with Crippen LogP contribution >= 0.6 is 11.6 Å². The zero-order valence-corrected chi connectivity index (χ0v) is 12.3. The normalized spacial score (nSPS) is 18.2. The van der Waals surface area contributed by atoms with Crippen molar-refractivity contribution >= 4 is 17.3 Å². The maximum absolute atomic E-state index is 12.9. The lowest BCUT2D eigenvalue weighted by Gasteiger charge is -2.35. The summed E-state index contributed by atoms with van der Waals surface area (Å²) in [5.74, 6) is 0. The van der Waals surface area contributed by atoms with Crippen molar-refractivity contribution in [2.24, 2.45) is 0 Å². The van der Waals surface area contributed by atoms with Crippen molar-refractivity contribution < 1.29 is 18.1 Å². The van der Waals surface area contributed by atoms with Crippen molar-refractivity contribution in [2.45, 2.75) is 18.6 Å². The summed E-state index contributed by atoms with van der Waals surface area (Å²) in [5.41, 5.74) is -0.114. The Kier molecular flexibility index (Phi) is 5.25. The first-order valence-corrected chi connectivity index (χ1v) is 7.11. The predicted molar refractivity (Wildman–Crippen MR) is 76.0 cm³/mol. The number of halogens is 4. The average molecular weight is 338 g/mol. The molecule has 1 fully saturated rings. The third kappa shape index (κ3) is 4.31. The van der Waals surface area contributed by atoms with E-state index in [1.165, 1.54) is 12.1 Å². The number of nitro groups is 1. The summed E-state index contributed by atoms with van der Waals surface area (Å²) < 4.78 is 38.6. The number of alkyl halides is 3. The van der Waals surface area contributed by atoms with Gasteiger partial charge in [-0.25, -0.2) is 0 Å². The van der Waals surface area contributed by atoms with E-state index >= 15 is 0 Å². The standard InChI is InChI=1S/C13H15ClF3N3O2/c14-10-2-1-9(7-11(10)20(21)22)12(8-13(15,16)17)19-5-3-18-4-6-19/h1-2,7,12,18H,3-6,8H2/t12-/m0/s1. The molecular formula is C13H15ClF3N3O2. The van der Waals surface area contributed by atoms with E-state index in [2.05, 4.69) is 5.32 Å². The highest BCUT2D eigenvalue weighted by atomic mass is 35.5. The number of hydrogen-bond donors (Lipinski definition) is 1. The molecule has 0 spiro atoms. The Morgan fingerprint density at radius 2 is 2.00 bits per heavy atom. The van der Waals surface area contributed by atoms with Crippen LogP contribution in [0.2, 0.25) is 5.02 Å². The summed E-state index contributed by atoms with van der Waals surface area (Å²) >= 11 is 5.73. The van der Waals surface area contributed by atoms with Crippen molar-refractivity contribution in [1.29, 1.82) is 0 Å². The van der Waals surface area contributed by atoms with Crippen LogP contribution < -0.4 is 5.32 Å². The molecule has 0 amide bonds. The molecule has 0 aliphatic carbocycles. The van der Waals surface area contributed by atoms with Crippen LogP contribution in [0.4, 0.5) is 18.9 Å². The molecule has 1 aliphatic heterocycles. The van der Waals surface area contributed by atoms with Gasteiger partial charge in [-0.15, -0.1) is 0 Å². The molecule has 1 aliphatic rings. The van der Waals surface area contributed by atoms with Crippen molar-refractivity contribution in [3.8, 4) is 0 Å². The van der Waals surface area contributed by atoms with E-state index in [-0.39, 0.29) is 16.3 Å². The second-order valence-electron chi connectivity index (χ2n) is 5.09. The van der Waals surface area contributed by atoms with Crippen LogP contribution in [0, 0.1) is 10.1 Å². The van der Waals surface area contributed by atoms with Crippen molar-refractivity contribution in [2.75, 3.05) is 26.2 Å². The van der Waals surface area contributed by atoms with Gasteiger partial charge in [0.05, 0.1) is 11.3 Å². The largest absolute Gasteiger partial charge is 0.390 e. The molecule has 5 nitrogen and oxygen atoms in total. The zero-order chi connectivity index (χ0) is 16.3. The van der Waals surface area contributed by atoms with E-state index in [9.17, 15) is 23.3 Å². The van der Waals surface area contributed by atoms with Crippen LogP contribution in [0.15, 0.2) is 18.2 Å². The quantitative estimate of drug-likeness (QED) is 0.677. The first-order valence-electron chi connectivity index (χ1n) is 6.73. The van der Waals surface area contributed by atoms with Crippen LogP contribution in [-0.2, 0) is 0 Å². The SMILES string of the molecule is O=[N+]([O-])c1cc([C@H](CC(F)(F)F)N2CCNCC2)ccc1Cl. The fourth-order valence-corrected chi connectivity index (χ4v) is 2.73. The smallest absolute Gasteiger partial charge is 0.314 e. The summed E-state index contributed by atoms with van der Waals surface area (Å²) in [6.07, 6.45) is -5.41. The van der Waals surface area contributed by atoms with E-state index in [0.29, 0.717) is 26.2 Å². The van der Waals surface area contributed by atoms with Gasteiger partial charge in [0.25, 0.3) is 5.69 Å². The van der Waals surface area contributed by atoms with Crippen LogP contribution in [0.1, 0.15) is 18.0 Å². The van der Waals surface area contributed by atoms with E-state index in [4.69, 9.17) is 11.6 Å². The third-order valence-electron chi connectivity index (χ3n) is 3.57. The van der Waals surface area contributed by atoms with E-state index in [1.54, 1.807) is 4.90 Å². The molecule has 0 saturated carbocycles. The second-order valence-corrected chi connectivity index (χ2v) is 5.50. The van der Waals surface area contributed by atoms with Crippen LogP contribution in [-0.4, -0.2) is 42.2 Å². The fourth-order valence-electron chi connectivity index (χ4n) is 2.55. The molecule has 1 heterocycles. The Morgan fingerprint density at radius 3 is 2.55 bits per heavy atom. The summed E-state index contributed by atoms with van der Waals surface area (Å²) in [7, 11) is 0. The molecule has 0 unspecified atom stereocenters.